The van der Waals surface area contributed by atoms with E-state index in [0.717, 1.165) is 5.56 Å². The molecule has 0 saturated carbocycles. The van der Waals surface area contributed by atoms with Gasteiger partial charge in [-0.25, -0.2) is 4.57 Å². The lowest BCUT2D eigenvalue weighted by molar-refractivity contribution is -0.695. The average Bonchev–Trinajstić information content (AvgIpc) is 3.41. The Labute approximate surface area is 189 Å². The van der Waals surface area contributed by atoms with E-state index < -0.39 is 22.7 Å². The Morgan fingerprint density at radius 3 is 2.64 bits per heavy atom. The van der Waals surface area contributed by atoms with Crippen molar-refractivity contribution in [3.05, 3.63) is 99.6 Å². The molecule has 4 rings (SSSR count). The molecule has 1 aliphatic rings. The number of likely N-dealkylation sites (tertiary alicyclic amines) is 1. The van der Waals surface area contributed by atoms with Crippen LogP contribution < -0.4 is 4.57 Å². The monoisotopic (exact) mass is 447 g/mol. The van der Waals surface area contributed by atoms with Gasteiger partial charge in [-0.15, -0.1) is 0 Å². The van der Waals surface area contributed by atoms with Crippen molar-refractivity contribution >= 4 is 23.1 Å². The minimum Gasteiger partial charge on any atom is -0.507 e. The molecule has 2 N–H and O–H groups in total. The lowest BCUT2D eigenvalue weighted by atomic mass is 9.94. The number of hydrogen-bond donors (Lipinski definition) is 2. The number of aromatic nitrogens is 2. The van der Waals surface area contributed by atoms with Crippen molar-refractivity contribution in [1.82, 2.24) is 9.88 Å². The first-order valence-corrected chi connectivity index (χ1v) is 10.5. The number of aryl methyl sites for hydroxylation is 2. The number of hydrogen-bond acceptors (Lipinski definition) is 5. The van der Waals surface area contributed by atoms with Crippen LogP contribution in [0.3, 0.4) is 0 Å². The Hall–Kier alpha value is -4.27. The number of nitrogens with one attached hydrogen (secondary N) is 1. The molecule has 1 amide bonds. The fraction of sp³-hybridized carbons (Fsp3) is 0.208. The van der Waals surface area contributed by atoms with Gasteiger partial charge in [0.25, 0.3) is 17.4 Å². The Kier molecular flexibility index (Phi) is 6.03. The van der Waals surface area contributed by atoms with Gasteiger partial charge < -0.3 is 10.0 Å². The molecular weight excluding hydrogens is 424 g/mol. The van der Waals surface area contributed by atoms with Crippen LogP contribution in [0.25, 0.3) is 5.76 Å². The number of benzene rings is 2. The first-order valence-electron chi connectivity index (χ1n) is 10.5. The number of non-ortho nitro benzene ring substituents is 1. The summed E-state index contributed by atoms with van der Waals surface area (Å²) in [6, 6.07) is 11.8. The van der Waals surface area contributed by atoms with Crippen LogP contribution in [-0.4, -0.2) is 38.1 Å². The molecule has 1 atom stereocenters. The summed E-state index contributed by atoms with van der Waals surface area (Å²) in [5.74, 6) is -1.84. The molecule has 0 aliphatic carbocycles. The van der Waals surface area contributed by atoms with E-state index in [0.29, 0.717) is 24.1 Å². The van der Waals surface area contributed by atoms with Crippen molar-refractivity contribution < 1.29 is 24.2 Å². The third kappa shape index (κ3) is 4.38. The van der Waals surface area contributed by atoms with Crippen molar-refractivity contribution in [3.63, 3.8) is 0 Å². The van der Waals surface area contributed by atoms with Gasteiger partial charge in [0.2, 0.25) is 6.33 Å². The van der Waals surface area contributed by atoms with Crippen LogP contribution in [0.4, 0.5) is 5.69 Å². The molecule has 33 heavy (non-hydrogen) atoms. The first kappa shape index (κ1) is 21.9. The van der Waals surface area contributed by atoms with Gasteiger partial charge in [0.1, 0.15) is 18.2 Å². The molecule has 9 heteroatoms. The summed E-state index contributed by atoms with van der Waals surface area (Å²) in [6.45, 7) is 2.74. The lowest BCUT2D eigenvalue weighted by Crippen LogP contribution is -2.36. The quantitative estimate of drug-likeness (QED) is 0.144. The highest BCUT2D eigenvalue weighted by molar-refractivity contribution is 6.46. The molecule has 1 aromatic heterocycles. The number of aromatic amines is 1. The smallest absolute Gasteiger partial charge is 0.295 e. The number of amides is 1. The molecule has 0 radical (unpaired) electrons. The summed E-state index contributed by atoms with van der Waals surface area (Å²) in [5.41, 5.74) is 1.54. The molecule has 0 spiro atoms. The van der Waals surface area contributed by atoms with Gasteiger partial charge in [0.05, 0.1) is 23.1 Å². The maximum absolute atomic E-state index is 13.0. The van der Waals surface area contributed by atoms with Gasteiger partial charge in [-0.2, -0.15) is 0 Å². The molecule has 1 aliphatic heterocycles. The van der Waals surface area contributed by atoms with Gasteiger partial charge in [-0.3, -0.25) is 24.7 Å². The highest BCUT2D eigenvalue weighted by Crippen LogP contribution is 2.40. The minimum absolute atomic E-state index is 0.0707. The standard InChI is InChI=1S/C24H22N4O5/c1-16-6-8-17(9-7-16)22(29)20-21(18-4-2-5-19(14-18)28(32)33)27(24(31)23(20)30)12-3-11-26-13-10-25-15-26/h2,4-10,13-15,21H,3,11-12H2,1H3,(H,29,30)/p+1. The normalized spacial score (nSPS) is 17.5. The van der Waals surface area contributed by atoms with E-state index in [9.17, 15) is 24.8 Å². The summed E-state index contributed by atoms with van der Waals surface area (Å²) in [6.07, 6.45) is 5.95. The number of nitro benzene ring substituents is 1. The molecule has 1 unspecified atom stereocenters. The topological polar surface area (TPSA) is 120 Å². The van der Waals surface area contributed by atoms with E-state index >= 15 is 0 Å². The molecule has 2 heterocycles. The molecule has 9 nitrogen and oxygen atoms in total. The third-order valence-electron chi connectivity index (χ3n) is 5.68. The van der Waals surface area contributed by atoms with Crippen LogP contribution in [0.15, 0.2) is 72.8 Å². The number of ketones is 1. The predicted molar refractivity (Wildman–Crippen MR) is 119 cm³/mol. The highest BCUT2D eigenvalue weighted by atomic mass is 16.6. The number of carbonyl (C=O) groups is 2. The number of nitro groups is 1. The number of nitrogens with zero attached hydrogens (tertiary/aromatic N) is 3. The summed E-state index contributed by atoms with van der Waals surface area (Å²) < 4.78 is 1.91. The fourth-order valence-electron chi connectivity index (χ4n) is 4.02. The van der Waals surface area contributed by atoms with Crippen LogP contribution in [0, 0.1) is 17.0 Å². The van der Waals surface area contributed by atoms with Gasteiger partial charge in [-0.1, -0.05) is 42.0 Å². The van der Waals surface area contributed by atoms with Crippen LogP contribution in [0.5, 0.6) is 0 Å². The Balaban J connectivity index is 1.76. The molecule has 1 saturated heterocycles. The minimum atomic E-state index is -0.928. The van der Waals surface area contributed by atoms with E-state index in [4.69, 9.17) is 0 Å². The SMILES string of the molecule is Cc1ccc(/C(O)=C2\C(=O)C(=O)N(CCC[n+]3cc[nH]c3)C2c2cccc([N+](=O)[O-])c2)cc1. The Morgan fingerprint density at radius 2 is 1.97 bits per heavy atom. The average molecular weight is 447 g/mol. The molecule has 0 bridgehead atoms. The second-order valence-electron chi connectivity index (χ2n) is 7.91. The summed E-state index contributed by atoms with van der Waals surface area (Å²) in [7, 11) is 0. The van der Waals surface area contributed by atoms with E-state index in [-0.39, 0.29) is 23.6 Å². The van der Waals surface area contributed by atoms with Gasteiger partial charge in [0.15, 0.2) is 0 Å². The number of rotatable bonds is 7. The molecule has 2 aromatic carbocycles. The number of Topliss-reactive ketones (excluding diaryl/α,β-unsaturated/α-hetero) is 1. The van der Waals surface area contributed by atoms with Crippen LogP contribution in [-0.2, 0) is 16.1 Å². The second kappa shape index (κ2) is 9.07. The molecular formula is C24H23N4O5+. The second-order valence-corrected chi connectivity index (χ2v) is 7.91. The van der Waals surface area contributed by atoms with Crippen molar-refractivity contribution in [1.29, 1.82) is 0 Å². The van der Waals surface area contributed by atoms with E-state index in [1.165, 1.54) is 23.1 Å². The zero-order valence-corrected chi connectivity index (χ0v) is 18.0. The molecule has 1 fully saturated rings. The van der Waals surface area contributed by atoms with Crippen LogP contribution in [0.2, 0.25) is 0 Å². The highest BCUT2D eigenvalue weighted by Gasteiger charge is 2.46. The number of aliphatic hydroxyl groups is 1. The lowest BCUT2D eigenvalue weighted by Gasteiger charge is -2.25. The third-order valence-corrected chi connectivity index (χ3v) is 5.68. The molecule has 168 valence electrons. The van der Waals surface area contributed by atoms with E-state index in [1.807, 2.05) is 17.7 Å². The zero-order chi connectivity index (χ0) is 23.5. The van der Waals surface area contributed by atoms with Gasteiger partial charge in [-0.05, 0) is 12.5 Å². The zero-order valence-electron chi connectivity index (χ0n) is 18.0. The van der Waals surface area contributed by atoms with Gasteiger partial charge in [0, 0.05) is 30.7 Å². The number of H-pyrrole nitrogens is 1. The van der Waals surface area contributed by atoms with E-state index in [1.54, 1.807) is 42.9 Å². The fourth-order valence-corrected chi connectivity index (χ4v) is 4.02. The number of carbonyl (C=O) groups excluding carboxylic acids is 2. The maximum atomic E-state index is 13.0. The van der Waals surface area contributed by atoms with Crippen molar-refractivity contribution in [2.24, 2.45) is 0 Å². The van der Waals surface area contributed by atoms with Gasteiger partial charge >= 0.3 is 0 Å². The van der Waals surface area contributed by atoms with Crippen LogP contribution in [0.1, 0.15) is 29.2 Å². The van der Waals surface area contributed by atoms with Crippen molar-refractivity contribution in [2.75, 3.05) is 6.54 Å². The summed E-state index contributed by atoms with van der Waals surface area (Å²) in [5, 5.41) is 22.4. The predicted octanol–water partition coefficient (Wildman–Crippen LogP) is 3.03. The number of imidazole rings is 1. The van der Waals surface area contributed by atoms with Crippen molar-refractivity contribution in [3.8, 4) is 0 Å². The van der Waals surface area contributed by atoms with E-state index in [2.05, 4.69) is 4.98 Å². The number of aliphatic hydroxyl groups excluding tert-OH is 1. The van der Waals surface area contributed by atoms with Crippen LogP contribution >= 0.6 is 0 Å². The Bertz CT molecular complexity index is 1230. The van der Waals surface area contributed by atoms with Crippen molar-refractivity contribution in [2.45, 2.75) is 25.9 Å². The largest absolute Gasteiger partial charge is 0.507 e. The first-order chi connectivity index (χ1) is 15.9. The maximum Gasteiger partial charge on any atom is 0.295 e. The summed E-state index contributed by atoms with van der Waals surface area (Å²) >= 11 is 0. The summed E-state index contributed by atoms with van der Waals surface area (Å²) in [4.78, 5) is 41.2. The molecule has 3 aromatic rings. The Morgan fingerprint density at radius 1 is 1.21 bits per heavy atom.